The summed E-state index contributed by atoms with van der Waals surface area (Å²) >= 11 is 0. The van der Waals surface area contributed by atoms with Crippen molar-refractivity contribution in [2.75, 3.05) is 19.8 Å². The van der Waals surface area contributed by atoms with Crippen molar-refractivity contribution in [1.29, 1.82) is 0 Å². The van der Waals surface area contributed by atoms with Gasteiger partial charge in [-0.25, -0.2) is 0 Å². The normalized spacial score (nSPS) is 14.9. The highest BCUT2D eigenvalue weighted by Crippen LogP contribution is 2.49. The first kappa shape index (κ1) is 19.3. The number of ether oxygens (including phenoxy) is 1. The van der Waals surface area contributed by atoms with Gasteiger partial charge >= 0.3 is 0 Å². The lowest BCUT2D eigenvalue weighted by Crippen LogP contribution is -2.42. The number of benzene rings is 2. The molecule has 26 heavy (non-hydrogen) atoms. The van der Waals surface area contributed by atoms with Gasteiger partial charge in [0, 0.05) is 13.2 Å². The molecule has 3 rings (SSSR count). The van der Waals surface area contributed by atoms with Gasteiger partial charge in [-0.3, -0.25) is 0 Å². The Bertz CT molecular complexity index is 693. The zero-order valence-corrected chi connectivity index (χ0v) is 17.7. The molecule has 2 nitrogen and oxygen atoms in total. The minimum absolute atomic E-state index is 0.195. The van der Waals surface area contributed by atoms with Crippen LogP contribution < -0.4 is 0 Å². The first-order valence-electron chi connectivity index (χ1n) is 9.95. The van der Waals surface area contributed by atoms with E-state index >= 15 is 0 Å². The lowest BCUT2D eigenvalue weighted by atomic mass is 9.79. The third kappa shape index (κ3) is 3.66. The van der Waals surface area contributed by atoms with Crippen LogP contribution in [0.3, 0.4) is 0 Å². The average Bonchev–Trinajstić information content (AvgIpc) is 2.94. The molecule has 0 bridgehead atoms. The lowest BCUT2D eigenvalue weighted by Gasteiger charge is -2.35. The summed E-state index contributed by atoms with van der Waals surface area (Å²) < 4.78 is 12.7. The van der Waals surface area contributed by atoms with Gasteiger partial charge in [0.05, 0.1) is 12.0 Å². The zero-order chi connectivity index (χ0) is 18.6. The van der Waals surface area contributed by atoms with Gasteiger partial charge < -0.3 is 9.16 Å². The summed E-state index contributed by atoms with van der Waals surface area (Å²) in [5.74, 6) is 0. The Morgan fingerprint density at radius 2 is 1.42 bits per heavy atom. The molecule has 1 aliphatic carbocycles. The fourth-order valence-electron chi connectivity index (χ4n) is 4.04. The Balaban J connectivity index is 1.99. The van der Waals surface area contributed by atoms with Crippen LogP contribution in [0.25, 0.3) is 11.1 Å². The second-order valence-corrected chi connectivity index (χ2v) is 12.3. The molecule has 2 aromatic rings. The SMILES string of the molecule is CCCC[Si](C)(C)OCC1(COCC)c2ccccc2-c2ccccc21. The standard InChI is InChI=1S/C23H32O2Si/c1-5-7-16-26(3,4)25-18-23(17-24-6-2)21-14-10-8-12-19(21)20-13-9-11-15-22(20)23/h8-15H,5-7,16-18H2,1-4H3. The molecule has 0 saturated heterocycles. The van der Waals surface area contributed by atoms with Crippen molar-refractivity contribution >= 4 is 8.32 Å². The van der Waals surface area contributed by atoms with E-state index in [-0.39, 0.29) is 5.41 Å². The predicted molar refractivity (Wildman–Crippen MR) is 112 cm³/mol. The highest BCUT2D eigenvalue weighted by molar-refractivity contribution is 6.71. The minimum Gasteiger partial charge on any atom is -0.416 e. The van der Waals surface area contributed by atoms with Crippen molar-refractivity contribution in [2.45, 2.75) is 51.2 Å². The molecule has 3 heteroatoms. The van der Waals surface area contributed by atoms with Crippen molar-refractivity contribution < 1.29 is 9.16 Å². The van der Waals surface area contributed by atoms with Crippen LogP contribution in [-0.2, 0) is 14.6 Å². The van der Waals surface area contributed by atoms with Crippen molar-refractivity contribution in [1.82, 2.24) is 0 Å². The molecule has 0 radical (unpaired) electrons. The average molecular weight is 369 g/mol. The monoisotopic (exact) mass is 368 g/mol. The summed E-state index contributed by atoms with van der Waals surface area (Å²) in [5, 5.41) is 0. The van der Waals surface area contributed by atoms with Gasteiger partial charge in [-0.1, -0.05) is 68.3 Å². The summed E-state index contributed by atoms with van der Waals surface area (Å²) in [7, 11) is -1.68. The second kappa shape index (κ2) is 8.08. The van der Waals surface area contributed by atoms with Gasteiger partial charge in [0.15, 0.2) is 8.32 Å². The molecule has 0 saturated carbocycles. The van der Waals surface area contributed by atoms with Gasteiger partial charge in [0.2, 0.25) is 0 Å². The molecule has 0 N–H and O–H groups in total. The van der Waals surface area contributed by atoms with Crippen molar-refractivity contribution in [3.05, 3.63) is 59.7 Å². The van der Waals surface area contributed by atoms with E-state index < -0.39 is 8.32 Å². The minimum atomic E-state index is -1.68. The molecule has 0 atom stereocenters. The number of unbranched alkanes of at least 4 members (excludes halogenated alkanes) is 1. The molecule has 0 aromatic heterocycles. The van der Waals surface area contributed by atoms with Crippen molar-refractivity contribution in [3.63, 3.8) is 0 Å². The highest BCUT2D eigenvalue weighted by Gasteiger charge is 2.44. The van der Waals surface area contributed by atoms with E-state index in [9.17, 15) is 0 Å². The number of hydrogen-bond acceptors (Lipinski definition) is 2. The number of fused-ring (bicyclic) bond motifs is 3. The maximum absolute atomic E-state index is 6.69. The highest BCUT2D eigenvalue weighted by atomic mass is 28.4. The quantitative estimate of drug-likeness (QED) is 0.505. The van der Waals surface area contributed by atoms with Crippen molar-refractivity contribution in [2.24, 2.45) is 0 Å². The first-order chi connectivity index (χ1) is 12.5. The van der Waals surface area contributed by atoms with Crippen LogP contribution in [0.5, 0.6) is 0 Å². The van der Waals surface area contributed by atoms with E-state index in [0.29, 0.717) is 13.2 Å². The van der Waals surface area contributed by atoms with E-state index in [1.807, 2.05) is 0 Å². The summed E-state index contributed by atoms with van der Waals surface area (Å²) in [5.41, 5.74) is 5.18. The summed E-state index contributed by atoms with van der Waals surface area (Å²) in [6.07, 6.45) is 2.49. The molecule has 0 unspecified atom stereocenters. The maximum atomic E-state index is 6.69. The number of hydrogen-bond donors (Lipinski definition) is 0. The van der Waals surface area contributed by atoms with Crippen LogP contribution in [-0.4, -0.2) is 28.1 Å². The van der Waals surface area contributed by atoms with Gasteiger partial charge in [-0.05, 0) is 48.3 Å². The fourth-order valence-corrected chi connectivity index (χ4v) is 6.02. The fraction of sp³-hybridized carbons (Fsp3) is 0.478. The Morgan fingerprint density at radius 1 is 0.846 bits per heavy atom. The molecule has 0 fully saturated rings. The Morgan fingerprint density at radius 3 is 1.96 bits per heavy atom. The molecular weight excluding hydrogens is 336 g/mol. The van der Waals surface area contributed by atoms with Crippen LogP contribution in [0.2, 0.25) is 19.1 Å². The smallest absolute Gasteiger partial charge is 0.186 e. The molecule has 2 aromatic carbocycles. The van der Waals surface area contributed by atoms with Crippen LogP contribution in [0.4, 0.5) is 0 Å². The van der Waals surface area contributed by atoms with Crippen LogP contribution in [0.15, 0.2) is 48.5 Å². The van der Waals surface area contributed by atoms with E-state index in [1.54, 1.807) is 0 Å². The van der Waals surface area contributed by atoms with Crippen LogP contribution in [0, 0.1) is 0 Å². The second-order valence-electron chi connectivity index (χ2n) is 7.96. The molecule has 0 spiro atoms. The van der Waals surface area contributed by atoms with Crippen LogP contribution in [0.1, 0.15) is 37.8 Å². The third-order valence-electron chi connectivity index (χ3n) is 5.57. The van der Waals surface area contributed by atoms with Gasteiger partial charge in [0.1, 0.15) is 0 Å². The molecule has 1 aliphatic rings. The first-order valence-corrected chi connectivity index (χ1v) is 13.1. The van der Waals surface area contributed by atoms with Crippen molar-refractivity contribution in [3.8, 4) is 11.1 Å². The van der Waals surface area contributed by atoms with E-state index in [2.05, 4.69) is 75.5 Å². The lowest BCUT2D eigenvalue weighted by molar-refractivity contribution is 0.0817. The molecule has 0 aliphatic heterocycles. The van der Waals surface area contributed by atoms with E-state index in [0.717, 1.165) is 6.61 Å². The van der Waals surface area contributed by atoms with Gasteiger partial charge in [-0.2, -0.15) is 0 Å². The Labute approximate surface area is 159 Å². The zero-order valence-electron chi connectivity index (χ0n) is 16.7. The van der Waals surface area contributed by atoms with Gasteiger partial charge in [0.25, 0.3) is 0 Å². The molecule has 0 heterocycles. The van der Waals surface area contributed by atoms with E-state index in [1.165, 1.54) is 41.1 Å². The van der Waals surface area contributed by atoms with Gasteiger partial charge in [-0.15, -0.1) is 0 Å². The summed E-state index contributed by atoms with van der Waals surface area (Å²) in [6.45, 7) is 11.1. The Kier molecular flexibility index (Phi) is 6.01. The number of rotatable bonds is 9. The van der Waals surface area contributed by atoms with Crippen LogP contribution >= 0.6 is 0 Å². The molecule has 0 amide bonds. The predicted octanol–water partition coefficient (Wildman–Crippen LogP) is 6.01. The maximum Gasteiger partial charge on any atom is 0.186 e. The topological polar surface area (TPSA) is 18.5 Å². The summed E-state index contributed by atoms with van der Waals surface area (Å²) in [6, 6.07) is 18.8. The molecule has 140 valence electrons. The van der Waals surface area contributed by atoms with E-state index in [4.69, 9.17) is 9.16 Å². The Hall–Kier alpha value is -1.42. The summed E-state index contributed by atoms with van der Waals surface area (Å²) in [4.78, 5) is 0. The molecular formula is C23H32O2Si. The largest absolute Gasteiger partial charge is 0.416 e. The third-order valence-corrected chi connectivity index (χ3v) is 8.05.